The number of hydrogen-bond donors (Lipinski definition) is 1. The van der Waals surface area contributed by atoms with Crippen molar-refractivity contribution >= 4 is 39.8 Å². The molecule has 0 radical (unpaired) electrons. The molecule has 0 atom stereocenters. The van der Waals surface area contributed by atoms with Crippen LogP contribution in [0.4, 0.5) is 0 Å². The van der Waals surface area contributed by atoms with Gasteiger partial charge in [0.2, 0.25) is 0 Å². The van der Waals surface area contributed by atoms with Gasteiger partial charge in [-0.3, -0.25) is 4.99 Å². The first kappa shape index (κ1) is 22.9. The van der Waals surface area contributed by atoms with Crippen LogP contribution in [-0.2, 0) is 9.84 Å². The smallest absolute Gasteiger partial charge is 0.193 e. The Hall–Kier alpha value is -0.0500. The summed E-state index contributed by atoms with van der Waals surface area (Å²) in [6.45, 7) is 15.0. The van der Waals surface area contributed by atoms with E-state index in [1.807, 2.05) is 6.92 Å². The molecule has 138 valence electrons. The SMILES string of the molecule is CCNC(=NCCCC(C)(C)C)N1CCS(=O)(=O)C(C)(C)C1.I. The molecule has 1 aliphatic heterocycles. The lowest BCUT2D eigenvalue weighted by Gasteiger charge is -2.39. The average Bonchev–Trinajstić information content (AvgIpc) is 2.35. The van der Waals surface area contributed by atoms with Crippen LogP contribution in [0.3, 0.4) is 0 Å². The molecule has 23 heavy (non-hydrogen) atoms. The highest BCUT2D eigenvalue weighted by atomic mass is 127. The molecule has 1 fully saturated rings. The van der Waals surface area contributed by atoms with E-state index in [9.17, 15) is 8.42 Å². The molecule has 0 aliphatic carbocycles. The summed E-state index contributed by atoms with van der Waals surface area (Å²) in [5.74, 6) is 1.05. The number of guanidine groups is 1. The zero-order valence-electron chi connectivity index (χ0n) is 15.5. The molecule has 1 heterocycles. The Morgan fingerprint density at radius 3 is 2.39 bits per heavy atom. The molecule has 0 aromatic carbocycles. The zero-order valence-corrected chi connectivity index (χ0v) is 18.6. The Labute approximate surface area is 159 Å². The lowest BCUT2D eigenvalue weighted by molar-refractivity contribution is 0.350. The number of hydrogen-bond acceptors (Lipinski definition) is 3. The maximum absolute atomic E-state index is 12.1. The first-order valence-corrected chi connectivity index (χ1v) is 9.89. The van der Waals surface area contributed by atoms with Crippen LogP contribution in [0.1, 0.15) is 54.4 Å². The maximum Gasteiger partial charge on any atom is 0.193 e. The summed E-state index contributed by atoms with van der Waals surface area (Å²) < 4.78 is 23.5. The monoisotopic (exact) mass is 459 g/mol. The Morgan fingerprint density at radius 2 is 1.91 bits per heavy atom. The largest absolute Gasteiger partial charge is 0.357 e. The molecule has 0 unspecified atom stereocenters. The van der Waals surface area contributed by atoms with Crippen molar-refractivity contribution in [1.82, 2.24) is 10.2 Å². The van der Waals surface area contributed by atoms with Crippen molar-refractivity contribution in [3.05, 3.63) is 0 Å². The van der Waals surface area contributed by atoms with Crippen molar-refractivity contribution in [1.29, 1.82) is 0 Å². The quantitative estimate of drug-likeness (QED) is 0.304. The van der Waals surface area contributed by atoms with E-state index in [2.05, 4.69) is 31.0 Å². The van der Waals surface area contributed by atoms with E-state index in [1.54, 1.807) is 13.8 Å². The highest BCUT2D eigenvalue weighted by molar-refractivity contribution is 14.0. The van der Waals surface area contributed by atoms with Gasteiger partial charge in [-0.1, -0.05) is 20.8 Å². The van der Waals surface area contributed by atoms with Crippen molar-refractivity contribution in [3.63, 3.8) is 0 Å². The molecule has 0 amide bonds. The van der Waals surface area contributed by atoms with Crippen molar-refractivity contribution in [3.8, 4) is 0 Å². The van der Waals surface area contributed by atoms with Crippen molar-refractivity contribution in [2.75, 3.05) is 31.9 Å². The summed E-state index contributed by atoms with van der Waals surface area (Å²) in [5.41, 5.74) is 0.328. The van der Waals surface area contributed by atoms with Gasteiger partial charge in [-0.2, -0.15) is 0 Å². The Morgan fingerprint density at radius 1 is 1.30 bits per heavy atom. The Bertz CT molecular complexity index is 496. The molecule has 0 aromatic heterocycles. The third-order valence-corrected chi connectivity index (χ3v) is 6.56. The molecule has 0 saturated carbocycles. The van der Waals surface area contributed by atoms with Gasteiger partial charge in [0.15, 0.2) is 15.8 Å². The predicted molar refractivity (Wildman–Crippen MR) is 110 cm³/mol. The lowest BCUT2D eigenvalue weighted by atomic mass is 9.91. The standard InChI is InChI=1S/C16H33N3O2S.HI/c1-7-17-14(18-10-8-9-15(2,3)4)19-11-12-22(20,21)16(5,6)13-19;/h7-13H2,1-6H3,(H,17,18);1H. The number of nitrogens with one attached hydrogen (secondary N) is 1. The summed E-state index contributed by atoms with van der Waals surface area (Å²) in [5, 5.41) is 3.30. The normalized spacial score (nSPS) is 20.8. The van der Waals surface area contributed by atoms with Gasteiger partial charge in [-0.15, -0.1) is 24.0 Å². The van der Waals surface area contributed by atoms with Gasteiger partial charge in [0.05, 0.1) is 10.5 Å². The van der Waals surface area contributed by atoms with Crippen LogP contribution in [-0.4, -0.2) is 56.0 Å². The predicted octanol–water partition coefficient (Wildman–Crippen LogP) is 2.91. The van der Waals surface area contributed by atoms with Gasteiger partial charge in [0.25, 0.3) is 0 Å². The average molecular weight is 459 g/mol. The topological polar surface area (TPSA) is 61.8 Å². The Balaban J connectivity index is 0.00000484. The minimum atomic E-state index is -3.01. The minimum absolute atomic E-state index is 0. The molecule has 1 N–H and O–H groups in total. The van der Waals surface area contributed by atoms with E-state index in [0.29, 0.717) is 18.5 Å². The van der Waals surface area contributed by atoms with Crippen LogP contribution in [0.5, 0.6) is 0 Å². The molecule has 0 aromatic rings. The third-order valence-electron chi connectivity index (χ3n) is 4.02. The fourth-order valence-corrected chi connectivity index (χ4v) is 3.91. The van der Waals surface area contributed by atoms with Crippen LogP contribution in [0.25, 0.3) is 0 Å². The number of halogens is 1. The van der Waals surface area contributed by atoms with E-state index in [-0.39, 0.29) is 29.7 Å². The summed E-state index contributed by atoms with van der Waals surface area (Å²) in [6, 6.07) is 0. The number of nitrogens with zero attached hydrogens (tertiary/aromatic N) is 2. The molecular weight excluding hydrogens is 425 g/mol. The van der Waals surface area contributed by atoms with Crippen molar-refractivity contribution in [2.45, 2.75) is 59.1 Å². The molecule has 1 saturated heterocycles. The van der Waals surface area contributed by atoms with E-state index >= 15 is 0 Å². The number of rotatable bonds is 4. The van der Waals surface area contributed by atoms with Crippen molar-refractivity contribution < 1.29 is 8.42 Å². The summed E-state index contributed by atoms with van der Waals surface area (Å²) in [4.78, 5) is 6.78. The van der Waals surface area contributed by atoms with E-state index < -0.39 is 14.6 Å². The molecule has 7 heteroatoms. The van der Waals surface area contributed by atoms with Gasteiger partial charge in [0, 0.05) is 26.2 Å². The van der Waals surface area contributed by atoms with Gasteiger partial charge in [0.1, 0.15) is 0 Å². The van der Waals surface area contributed by atoms with Crippen LogP contribution in [0.2, 0.25) is 0 Å². The highest BCUT2D eigenvalue weighted by Gasteiger charge is 2.40. The summed E-state index contributed by atoms with van der Waals surface area (Å²) in [7, 11) is -3.01. The molecule has 0 spiro atoms. The first-order valence-electron chi connectivity index (χ1n) is 8.24. The van der Waals surface area contributed by atoms with Crippen LogP contribution in [0, 0.1) is 5.41 Å². The van der Waals surface area contributed by atoms with Gasteiger partial charge in [-0.25, -0.2) is 8.42 Å². The number of sulfone groups is 1. The fourth-order valence-electron chi connectivity index (χ4n) is 2.54. The van der Waals surface area contributed by atoms with Crippen LogP contribution >= 0.6 is 24.0 Å². The van der Waals surface area contributed by atoms with E-state index in [0.717, 1.165) is 31.9 Å². The first-order chi connectivity index (χ1) is 9.98. The van der Waals surface area contributed by atoms with Gasteiger partial charge < -0.3 is 10.2 Å². The van der Waals surface area contributed by atoms with E-state index in [4.69, 9.17) is 4.99 Å². The highest BCUT2D eigenvalue weighted by Crippen LogP contribution is 2.24. The van der Waals surface area contributed by atoms with E-state index in [1.165, 1.54) is 0 Å². The van der Waals surface area contributed by atoms with Crippen LogP contribution in [0.15, 0.2) is 4.99 Å². The molecule has 5 nitrogen and oxygen atoms in total. The second-order valence-corrected chi connectivity index (χ2v) is 10.6. The molecule has 0 bridgehead atoms. The zero-order chi connectivity index (χ0) is 17.0. The summed E-state index contributed by atoms with van der Waals surface area (Å²) in [6.07, 6.45) is 2.18. The summed E-state index contributed by atoms with van der Waals surface area (Å²) >= 11 is 0. The Kier molecular flexibility index (Phi) is 8.85. The van der Waals surface area contributed by atoms with Gasteiger partial charge >= 0.3 is 0 Å². The minimum Gasteiger partial charge on any atom is -0.357 e. The molecule has 1 rings (SSSR count). The molecule has 1 aliphatic rings. The lowest BCUT2D eigenvalue weighted by Crippen LogP contribution is -2.57. The molecular formula is C16H34IN3O2S. The van der Waals surface area contributed by atoms with Crippen molar-refractivity contribution in [2.24, 2.45) is 10.4 Å². The maximum atomic E-state index is 12.1. The van der Waals surface area contributed by atoms with Gasteiger partial charge in [-0.05, 0) is 39.0 Å². The fraction of sp³-hybridized carbons (Fsp3) is 0.938. The second kappa shape index (κ2) is 8.87. The number of aliphatic imine (C=N–C) groups is 1. The third kappa shape index (κ3) is 7.15. The van der Waals surface area contributed by atoms with Crippen LogP contribution < -0.4 is 5.32 Å². The second-order valence-electron chi connectivity index (χ2n) is 7.90.